The van der Waals surface area contributed by atoms with E-state index in [1.165, 1.54) is 0 Å². The van der Waals surface area contributed by atoms with E-state index in [0.29, 0.717) is 0 Å². The minimum Gasteiger partial charge on any atom is -0.369 e. The molecule has 0 radical (unpaired) electrons. The van der Waals surface area contributed by atoms with E-state index < -0.39 is 21.8 Å². The Morgan fingerprint density at radius 2 is 2.00 bits per heavy atom. The first-order valence-electron chi connectivity index (χ1n) is 1.65. The minimum atomic E-state index is -4.20. The number of hydrogen-bond acceptors (Lipinski definition) is 3. The van der Waals surface area contributed by atoms with Crippen molar-refractivity contribution in [1.29, 1.82) is 0 Å². The summed E-state index contributed by atoms with van der Waals surface area (Å²) in [6.07, 6.45) is 0. The Morgan fingerprint density at radius 3 is 2.00 bits per heavy atom. The Kier molecular flexibility index (Phi) is 1.94. The number of amides is 1. The molecule has 0 bridgehead atoms. The smallest absolute Gasteiger partial charge is 0.274 e. The van der Waals surface area contributed by atoms with Gasteiger partial charge in [-0.25, -0.2) is 0 Å². The summed E-state index contributed by atoms with van der Waals surface area (Å²) in [5.41, 5.74) is 4.40. The molecule has 0 aromatic rings. The first kappa shape index (κ1) is 7.38. The molecule has 0 aromatic heterocycles. The maximum absolute atomic E-state index is 9.70. The van der Waals surface area contributed by atoms with Crippen molar-refractivity contribution in [1.82, 2.24) is 0 Å². The van der Waals surface area contributed by atoms with Gasteiger partial charge in [-0.2, -0.15) is 8.42 Å². The van der Waals surface area contributed by atoms with E-state index in [2.05, 4.69) is 5.73 Å². The number of carbonyl (C=O) groups is 1. The second-order valence-electron chi connectivity index (χ2n) is 1.19. The van der Waals surface area contributed by atoms with Gasteiger partial charge in [-0.15, -0.1) is 0 Å². The lowest BCUT2D eigenvalue weighted by molar-refractivity contribution is -0.115. The molecular formula is C2H5NO4S. The first-order valence-corrected chi connectivity index (χ1v) is 3.26. The molecule has 1 amide bonds. The molecule has 0 aliphatic heterocycles. The monoisotopic (exact) mass is 139 g/mol. The van der Waals surface area contributed by atoms with Gasteiger partial charge in [-0.1, -0.05) is 0 Å². The normalized spacial score (nSPS) is 11.1. The Bertz CT molecular complexity index is 180. The third-order valence-corrected chi connectivity index (χ3v) is 0.974. The summed E-state index contributed by atoms with van der Waals surface area (Å²) < 4.78 is 27.3. The topological polar surface area (TPSA) is 97.5 Å². The Morgan fingerprint density at radius 1 is 1.62 bits per heavy atom. The van der Waals surface area contributed by atoms with Crippen LogP contribution in [0, 0.1) is 0 Å². The van der Waals surface area contributed by atoms with E-state index in [1.807, 2.05) is 0 Å². The number of carbonyl (C=O) groups excluding carboxylic acids is 1. The van der Waals surface area contributed by atoms with Gasteiger partial charge in [0.1, 0.15) is 0 Å². The van der Waals surface area contributed by atoms with Gasteiger partial charge in [0.2, 0.25) is 5.91 Å². The van der Waals surface area contributed by atoms with Gasteiger partial charge in [0.05, 0.1) is 0 Å². The highest BCUT2D eigenvalue weighted by Gasteiger charge is 2.07. The number of hydrogen-bond donors (Lipinski definition) is 2. The van der Waals surface area contributed by atoms with E-state index in [9.17, 15) is 13.2 Å². The molecule has 0 fully saturated rings. The molecule has 48 valence electrons. The molecule has 0 heterocycles. The first-order chi connectivity index (χ1) is 3.42. The average molecular weight is 139 g/mol. The summed E-state index contributed by atoms with van der Waals surface area (Å²) >= 11 is 0. The van der Waals surface area contributed by atoms with Crippen LogP contribution in [0.25, 0.3) is 0 Å². The molecule has 8 heavy (non-hydrogen) atoms. The van der Waals surface area contributed by atoms with E-state index in [4.69, 9.17) is 4.55 Å². The molecule has 0 unspecified atom stereocenters. The molecule has 0 atom stereocenters. The van der Waals surface area contributed by atoms with E-state index in [0.717, 1.165) is 0 Å². The van der Waals surface area contributed by atoms with Gasteiger partial charge < -0.3 is 5.73 Å². The third-order valence-electron chi connectivity index (χ3n) is 0.325. The van der Waals surface area contributed by atoms with Crippen molar-refractivity contribution in [2.45, 2.75) is 0 Å². The maximum Gasteiger partial charge on any atom is 0.274 e. The fourth-order valence-electron chi connectivity index (χ4n) is 0.180. The van der Waals surface area contributed by atoms with Crippen LogP contribution in [0.5, 0.6) is 0 Å². The Hall–Kier alpha value is -0.620. The van der Waals surface area contributed by atoms with Gasteiger partial charge in [0.15, 0.2) is 5.75 Å². The van der Waals surface area contributed by atoms with Gasteiger partial charge >= 0.3 is 0 Å². The van der Waals surface area contributed by atoms with Crippen LogP contribution in [0.4, 0.5) is 0 Å². The summed E-state index contributed by atoms with van der Waals surface area (Å²) in [6.45, 7) is 0. The fourth-order valence-corrected chi connectivity index (χ4v) is 0.539. The van der Waals surface area contributed by atoms with Crippen molar-refractivity contribution in [2.24, 2.45) is 5.73 Å². The van der Waals surface area contributed by atoms with Crippen LogP contribution in [0.3, 0.4) is 0 Å². The van der Waals surface area contributed by atoms with Crippen LogP contribution in [-0.4, -0.2) is 24.6 Å². The SMILES string of the molecule is NC(=O)CS(=O)(=O)O. The van der Waals surface area contributed by atoms with Gasteiger partial charge in [-0.3, -0.25) is 9.35 Å². The molecule has 0 aliphatic rings. The molecular weight excluding hydrogens is 134 g/mol. The van der Waals surface area contributed by atoms with Crippen molar-refractivity contribution < 1.29 is 17.8 Å². The molecule has 0 aromatic carbocycles. The van der Waals surface area contributed by atoms with Gasteiger partial charge in [0.25, 0.3) is 10.1 Å². The molecule has 0 aliphatic carbocycles. The minimum absolute atomic E-state index is 1.01. The van der Waals surface area contributed by atoms with Gasteiger partial charge in [-0.05, 0) is 0 Å². The lowest BCUT2D eigenvalue weighted by atomic mass is 10.8. The van der Waals surface area contributed by atoms with Crippen molar-refractivity contribution in [3.05, 3.63) is 0 Å². The zero-order valence-corrected chi connectivity index (χ0v) is 4.68. The molecule has 0 saturated heterocycles. The van der Waals surface area contributed by atoms with Crippen LogP contribution in [0.15, 0.2) is 0 Å². The van der Waals surface area contributed by atoms with Crippen LogP contribution >= 0.6 is 0 Å². The molecule has 5 nitrogen and oxygen atoms in total. The summed E-state index contributed by atoms with van der Waals surface area (Å²) in [6, 6.07) is 0. The van der Waals surface area contributed by atoms with Crippen LogP contribution in [-0.2, 0) is 14.9 Å². The number of nitrogens with two attached hydrogens (primary N) is 1. The highest BCUT2D eigenvalue weighted by molar-refractivity contribution is 7.86. The van der Waals surface area contributed by atoms with Crippen LogP contribution in [0.1, 0.15) is 0 Å². The lowest BCUT2D eigenvalue weighted by Crippen LogP contribution is -2.22. The lowest BCUT2D eigenvalue weighted by Gasteiger charge is -1.86. The Balaban J connectivity index is 3.95. The highest BCUT2D eigenvalue weighted by Crippen LogP contribution is 1.76. The standard InChI is InChI=1S/C2H5NO4S/c3-2(4)1-8(5,6)7/h1H2,(H2,3,4)(H,5,6,7). The molecule has 0 spiro atoms. The van der Waals surface area contributed by atoms with Gasteiger partial charge in [0, 0.05) is 0 Å². The van der Waals surface area contributed by atoms with Crippen molar-refractivity contribution in [3.8, 4) is 0 Å². The van der Waals surface area contributed by atoms with Crippen molar-refractivity contribution in [2.75, 3.05) is 5.75 Å². The predicted molar refractivity (Wildman–Crippen MR) is 25.6 cm³/mol. The zero-order chi connectivity index (χ0) is 6.78. The second kappa shape index (κ2) is 2.10. The van der Waals surface area contributed by atoms with Crippen molar-refractivity contribution in [3.63, 3.8) is 0 Å². The number of rotatable bonds is 2. The average Bonchev–Trinajstić information content (AvgIpc) is 1.21. The van der Waals surface area contributed by atoms with E-state index >= 15 is 0 Å². The molecule has 6 heteroatoms. The van der Waals surface area contributed by atoms with Crippen LogP contribution < -0.4 is 5.73 Å². The summed E-state index contributed by atoms with van der Waals surface area (Å²) in [5, 5.41) is 0. The summed E-state index contributed by atoms with van der Waals surface area (Å²) in [7, 11) is -4.20. The molecule has 0 saturated carbocycles. The van der Waals surface area contributed by atoms with Crippen molar-refractivity contribution >= 4 is 16.0 Å². The predicted octanol–water partition coefficient (Wildman–Crippen LogP) is -1.64. The third kappa shape index (κ3) is 5.38. The van der Waals surface area contributed by atoms with Crippen LogP contribution in [0.2, 0.25) is 0 Å². The quantitative estimate of drug-likeness (QED) is 0.448. The Labute approximate surface area is 46.2 Å². The highest BCUT2D eigenvalue weighted by atomic mass is 32.2. The van der Waals surface area contributed by atoms with E-state index in [1.54, 1.807) is 0 Å². The second-order valence-corrected chi connectivity index (χ2v) is 2.65. The molecule has 3 N–H and O–H groups in total. The fraction of sp³-hybridized carbons (Fsp3) is 0.500. The number of primary amides is 1. The summed E-state index contributed by atoms with van der Waals surface area (Å²) in [4.78, 5) is 9.70. The maximum atomic E-state index is 9.70. The van der Waals surface area contributed by atoms with E-state index in [-0.39, 0.29) is 0 Å². The zero-order valence-electron chi connectivity index (χ0n) is 3.86. The summed E-state index contributed by atoms with van der Waals surface area (Å²) in [5.74, 6) is -2.07. The largest absolute Gasteiger partial charge is 0.369 e. The molecule has 0 rings (SSSR count).